The first-order valence-electron chi connectivity index (χ1n) is 7.75. The number of nitrogens with one attached hydrogen (secondary N) is 1. The summed E-state index contributed by atoms with van der Waals surface area (Å²) in [5, 5.41) is 24.2. The molecule has 0 aromatic heterocycles. The number of amides is 1. The van der Waals surface area contributed by atoms with Gasteiger partial charge in [0.15, 0.2) is 6.10 Å². The summed E-state index contributed by atoms with van der Waals surface area (Å²) >= 11 is 0. The minimum absolute atomic E-state index is 0.0332. The third-order valence-electron chi connectivity index (χ3n) is 3.56. The van der Waals surface area contributed by atoms with Crippen molar-refractivity contribution in [3.63, 3.8) is 0 Å². The van der Waals surface area contributed by atoms with Gasteiger partial charge in [-0.15, -0.1) is 0 Å². The van der Waals surface area contributed by atoms with Gasteiger partial charge in [-0.25, -0.2) is 0 Å². The van der Waals surface area contributed by atoms with Crippen LogP contribution in [0, 0.1) is 20.2 Å². The monoisotopic (exact) mass is 373 g/mol. The lowest BCUT2D eigenvalue weighted by molar-refractivity contribution is -0.385. The maximum absolute atomic E-state index is 12.1. The predicted octanol–water partition coefficient (Wildman–Crippen LogP) is 2.62. The molecule has 1 amide bonds. The molecule has 2 aromatic carbocycles. The number of para-hydroxylation sites is 3. The molecule has 140 valence electrons. The predicted molar refractivity (Wildman–Crippen MR) is 94.1 cm³/mol. The topological polar surface area (TPSA) is 142 Å². The summed E-state index contributed by atoms with van der Waals surface area (Å²) in [6, 6.07) is 11.2. The van der Waals surface area contributed by atoms with Gasteiger partial charge in [-0.3, -0.25) is 29.8 Å². The number of benzene rings is 2. The Morgan fingerprint density at radius 3 is 2.19 bits per heavy atom. The molecule has 0 saturated carbocycles. The van der Waals surface area contributed by atoms with Gasteiger partial charge >= 0.3 is 5.97 Å². The molecule has 0 bridgehead atoms. The molecule has 1 N–H and O–H groups in total. The van der Waals surface area contributed by atoms with Crippen molar-refractivity contribution in [3.05, 3.63) is 74.3 Å². The van der Waals surface area contributed by atoms with Crippen molar-refractivity contribution in [2.75, 3.05) is 5.32 Å². The number of esters is 1. The SMILES string of the molecule is C[C@H](OC(=O)Cc1ccccc1[N+](=O)[O-])C(=O)Nc1ccccc1[N+](=O)[O-]. The fraction of sp³-hybridized carbons (Fsp3) is 0.176. The van der Waals surface area contributed by atoms with Crippen LogP contribution in [0.2, 0.25) is 0 Å². The Kier molecular flexibility index (Phi) is 6.15. The number of nitro groups is 2. The molecule has 10 nitrogen and oxygen atoms in total. The molecule has 0 aliphatic carbocycles. The second-order valence-corrected chi connectivity index (χ2v) is 5.46. The molecule has 27 heavy (non-hydrogen) atoms. The Bertz CT molecular complexity index is 898. The first-order chi connectivity index (χ1) is 12.8. The van der Waals surface area contributed by atoms with Gasteiger partial charge in [0, 0.05) is 17.7 Å². The molecular weight excluding hydrogens is 358 g/mol. The van der Waals surface area contributed by atoms with E-state index in [1.54, 1.807) is 6.07 Å². The first kappa shape index (κ1) is 19.5. The van der Waals surface area contributed by atoms with E-state index in [2.05, 4.69) is 5.32 Å². The molecule has 0 aliphatic heterocycles. The van der Waals surface area contributed by atoms with Crippen LogP contribution in [0.25, 0.3) is 0 Å². The average molecular weight is 373 g/mol. The van der Waals surface area contributed by atoms with E-state index in [-0.39, 0.29) is 29.0 Å². The van der Waals surface area contributed by atoms with E-state index in [1.807, 2.05) is 0 Å². The molecule has 2 aromatic rings. The maximum Gasteiger partial charge on any atom is 0.311 e. The van der Waals surface area contributed by atoms with E-state index < -0.39 is 27.8 Å². The minimum Gasteiger partial charge on any atom is -0.452 e. The maximum atomic E-state index is 12.1. The number of rotatable bonds is 7. The van der Waals surface area contributed by atoms with Crippen LogP contribution in [0.5, 0.6) is 0 Å². The highest BCUT2D eigenvalue weighted by Gasteiger charge is 2.23. The minimum atomic E-state index is -1.25. The smallest absolute Gasteiger partial charge is 0.311 e. The van der Waals surface area contributed by atoms with E-state index in [0.717, 1.165) is 0 Å². The third-order valence-corrected chi connectivity index (χ3v) is 3.56. The number of carbonyl (C=O) groups excluding carboxylic acids is 2. The summed E-state index contributed by atoms with van der Waals surface area (Å²) in [7, 11) is 0. The first-order valence-corrected chi connectivity index (χ1v) is 7.75. The number of nitro benzene ring substituents is 2. The van der Waals surface area contributed by atoms with Gasteiger partial charge in [0.05, 0.1) is 16.3 Å². The third kappa shape index (κ3) is 5.08. The van der Waals surface area contributed by atoms with Gasteiger partial charge in [0.2, 0.25) is 0 Å². The van der Waals surface area contributed by atoms with Gasteiger partial charge < -0.3 is 10.1 Å². The Labute approximate surface area is 153 Å². The second kappa shape index (κ2) is 8.52. The van der Waals surface area contributed by atoms with Crippen molar-refractivity contribution in [1.29, 1.82) is 0 Å². The molecule has 0 fully saturated rings. The molecule has 1 atom stereocenters. The van der Waals surface area contributed by atoms with Gasteiger partial charge in [0.25, 0.3) is 17.3 Å². The van der Waals surface area contributed by atoms with Crippen LogP contribution < -0.4 is 5.32 Å². The van der Waals surface area contributed by atoms with Crippen molar-refractivity contribution >= 4 is 28.9 Å². The molecule has 0 saturated heterocycles. The summed E-state index contributed by atoms with van der Waals surface area (Å²) in [5.74, 6) is -1.60. The number of anilines is 1. The summed E-state index contributed by atoms with van der Waals surface area (Å²) in [4.78, 5) is 44.8. The molecule has 0 unspecified atom stereocenters. The van der Waals surface area contributed by atoms with Crippen LogP contribution in [0.4, 0.5) is 17.1 Å². The van der Waals surface area contributed by atoms with Gasteiger partial charge in [-0.05, 0) is 13.0 Å². The highest BCUT2D eigenvalue weighted by Crippen LogP contribution is 2.23. The quantitative estimate of drug-likeness (QED) is 0.446. The average Bonchev–Trinajstić information content (AvgIpc) is 2.62. The van der Waals surface area contributed by atoms with Crippen LogP contribution in [-0.4, -0.2) is 27.8 Å². The van der Waals surface area contributed by atoms with Crippen molar-refractivity contribution in [3.8, 4) is 0 Å². The molecule has 0 heterocycles. The van der Waals surface area contributed by atoms with Crippen LogP contribution >= 0.6 is 0 Å². The standard InChI is InChI=1S/C17H15N3O7/c1-11(17(22)18-13-7-3-5-9-15(13)20(25)26)27-16(21)10-12-6-2-4-8-14(12)19(23)24/h2-9,11H,10H2,1H3,(H,18,22)/t11-/m0/s1. The zero-order chi connectivity index (χ0) is 20.0. The Balaban J connectivity index is 2.02. The Morgan fingerprint density at radius 2 is 1.56 bits per heavy atom. The molecule has 10 heteroatoms. The van der Waals surface area contributed by atoms with Crippen molar-refractivity contribution in [2.45, 2.75) is 19.4 Å². The highest BCUT2D eigenvalue weighted by molar-refractivity contribution is 5.97. The molecule has 0 radical (unpaired) electrons. The summed E-state index contributed by atoms with van der Waals surface area (Å²) < 4.78 is 4.98. The molecule has 2 rings (SSSR count). The zero-order valence-corrected chi connectivity index (χ0v) is 14.2. The van der Waals surface area contributed by atoms with E-state index in [1.165, 1.54) is 49.4 Å². The van der Waals surface area contributed by atoms with Crippen molar-refractivity contribution < 1.29 is 24.2 Å². The fourth-order valence-electron chi connectivity index (χ4n) is 2.26. The van der Waals surface area contributed by atoms with Crippen LogP contribution in [-0.2, 0) is 20.7 Å². The molecular formula is C17H15N3O7. The number of carbonyl (C=O) groups is 2. The van der Waals surface area contributed by atoms with Gasteiger partial charge in [-0.2, -0.15) is 0 Å². The lowest BCUT2D eigenvalue weighted by Crippen LogP contribution is -2.30. The normalized spacial score (nSPS) is 11.3. The Morgan fingerprint density at radius 1 is 1.00 bits per heavy atom. The van der Waals surface area contributed by atoms with Gasteiger partial charge in [-0.1, -0.05) is 30.3 Å². The number of ether oxygens (including phenoxy) is 1. The van der Waals surface area contributed by atoms with Gasteiger partial charge in [0.1, 0.15) is 5.69 Å². The lowest BCUT2D eigenvalue weighted by Gasteiger charge is -2.13. The lowest BCUT2D eigenvalue weighted by atomic mass is 10.1. The van der Waals surface area contributed by atoms with Crippen LogP contribution in [0.15, 0.2) is 48.5 Å². The van der Waals surface area contributed by atoms with E-state index in [0.29, 0.717) is 0 Å². The molecule has 0 spiro atoms. The summed E-state index contributed by atoms with van der Waals surface area (Å²) in [6.45, 7) is 1.29. The number of hydrogen-bond acceptors (Lipinski definition) is 7. The summed E-state index contributed by atoms with van der Waals surface area (Å²) in [6.07, 6.45) is -1.64. The zero-order valence-electron chi connectivity index (χ0n) is 14.2. The second-order valence-electron chi connectivity index (χ2n) is 5.46. The van der Waals surface area contributed by atoms with Crippen LogP contribution in [0.1, 0.15) is 12.5 Å². The van der Waals surface area contributed by atoms with E-state index in [9.17, 15) is 29.8 Å². The van der Waals surface area contributed by atoms with Crippen molar-refractivity contribution in [1.82, 2.24) is 0 Å². The highest BCUT2D eigenvalue weighted by atomic mass is 16.6. The number of hydrogen-bond donors (Lipinski definition) is 1. The van der Waals surface area contributed by atoms with Crippen molar-refractivity contribution in [2.24, 2.45) is 0 Å². The fourth-order valence-corrected chi connectivity index (χ4v) is 2.26. The largest absolute Gasteiger partial charge is 0.452 e. The number of nitrogens with zero attached hydrogens (tertiary/aromatic N) is 2. The molecule has 0 aliphatic rings. The Hall–Kier alpha value is -3.82. The summed E-state index contributed by atoms with van der Waals surface area (Å²) in [5.41, 5.74) is -0.413. The van der Waals surface area contributed by atoms with E-state index >= 15 is 0 Å². The van der Waals surface area contributed by atoms with Crippen LogP contribution in [0.3, 0.4) is 0 Å². The van der Waals surface area contributed by atoms with E-state index in [4.69, 9.17) is 4.74 Å².